The van der Waals surface area contributed by atoms with Crippen molar-refractivity contribution >= 4 is 46.3 Å². The Labute approximate surface area is 210 Å². The Morgan fingerprint density at radius 1 is 1.29 bits per heavy atom. The van der Waals surface area contributed by atoms with Gasteiger partial charge in [-0.3, -0.25) is 9.36 Å². The van der Waals surface area contributed by atoms with Gasteiger partial charge in [-0.15, -0.1) is 11.3 Å². The highest BCUT2D eigenvalue weighted by Gasteiger charge is 2.36. The number of hydrogen-bond donors (Lipinski definition) is 0. The zero-order valence-corrected chi connectivity index (χ0v) is 21.8. The molecule has 9 heteroatoms. The first-order valence-corrected chi connectivity index (χ1v) is 13.1. The Morgan fingerprint density at radius 3 is 2.74 bits per heavy atom. The largest absolute Gasteiger partial charge is 0.496 e. The monoisotopic (exact) mass is 516 g/mol. The van der Waals surface area contributed by atoms with Gasteiger partial charge in [-0.2, -0.15) is 0 Å². The minimum Gasteiger partial charge on any atom is -0.496 e. The number of carbonyl (C=O) groups excluding carboxylic acids is 1. The van der Waals surface area contributed by atoms with Gasteiger partial charge in [-0.1, -0.05) is 36.3 Å². The van der Waals surface area contributed by atoms with Gasteiger partial charge in [0.05, 0.1) is 29.5 Å². The predicted molar refractivity (Wildman–Crippen MR) is 137 cm³/mol. The molecule has 0 saturated carbocycles. The average molecular weight is 517 g/mol. The van der Waals surface area contributed by atoms with Gasteiger partial charge < -0.3 is 9.47 Å². The lowest BCUT2D eigenvalue weighted by Gasteiger charge is -2.27. The molecule has 0 unspecified atom stereocenters. The summed E-state index contributed by atoms with van der Waals surface area (Å²) < 4.78 is 13.2. The summed E-state index contributed by atoms with van der Waals surface area (Å²) in [5.74, 6) is 0.0303. The van der Waals surface area contributed by atoms with Crippen LogP contribution in [-0.4, -0.2) is 24.3 Å². The first-order chi connectivity index (χ1) is 16.4. The summed E-state index contributed by atoms with van der Waals surface area (Å²) in [6.45, 7) is 6.00. The maximum atomic E-state index is 13.7. The average Bonchev–Trinajstić information content (AvgIpc) is 3.35. The van der Waals surface area contributed by atoms with Gasteiger partial charge in [0.2, 0.25) is 0 Å². The number of carbonyl (C=O) groups is 1. The summed E-state index contributed by atoms with van der Waals surface area (Å²) in [6.07, 6.45) is 3.25. The lowest BCUT2D eigenvalue weighted by atomic mass is 9.93. The van der Waals surface area contributed by atoms with Gasteiger partial charge in [0.1, 0.15) is 11.8 Å². The van der Waals surface area contributed by atoms with Gasteiger partial charge in [0.25, 0.3) is 5.56 Å². The maximum absolute atomic E-state index is 13.7. The Balaban J connectivity index is 2.07. The Hall–Kier alpha value is -2.68. The number of ether oxygens (including phenoxy) is 2. The van der Waals surface area contributed by atoms with Crippen molar-refractivity contribution in [3.63, 3.8) is 0 Å². The Bertz CT molecular complexity index is 1450. The number of hydrogen-bond acceptors (Lipinski definition) is 7. The molecule has 0 spiro atoms. The lowest BCUT2D eigenvalue weighted by molar-refractivity contribution is -0.139. The molecule has 2 aromatic heterocycles. The molecule has 0 aliphatic carbocycles. The van der Waals surface area contributed by atoms with Crippen molar-refractivity contribution in [3.05, 3.63) is 81.6 Å². The lowest BCUT2D eigenvalue weighted by Crippen LogP contribution is -2.40. The number of esters is 1. The molecule has 1 atom stereocenters. The Kier molecular flexibility index (Phi) is 7.40. The van der Waals surface area contributed by atoms with E-state index in [1.807, 2.05) is 31.4 Å². The molecule has 0 radical (unpaired) electrons. The maximum Gasteiger partial charge on any atom is 0.338 e. The van der Waals surface area contributed by atoms with Crippen molar-refractivity contribution in [2.24, 2.45) is 4.99 Å². The highest BCUT2D eigenvalue weighted by Crippen LogP contribution is 2.38. The van der Waals surface area contributed by atoms with Crippen LogP contribution in [0.2, 0.25) is 5.02 Å². The zero-order chi connectivity index (χ0) is 24.4. The molecular formula is C25H25ClN2O4S2. The first-order valence-electron chi connectivity index (χ1n) is 11.0. The summed E-state index contributed by atoms with van der Waals surface area (Å²) in [7, 11) is 1.55. The number of aromatic nitrogens is 1. The molecule has 0 saturated heterocycles. The Morgan fingerprint density at radius 2 is 2.09 bits per heavy atom. The molecule has 3 heterocycles. The van der Waals surface area contributed by atoms with E-state index in [1.54, 1.807) is 48.1 Å². The van der Waals surface area contributed by atoms with E-state index in [-0.39, 0.29) is 12.2 Å². The highest BCUT2D eigenvalue weighted by molar-refractivity contribution is 7.11. The number of methoxy groups -OCH3 is 1. The van der Waals surface area contributed by atoms with E-state index in [0.29, 0.717) is 43.4 Å². The van der Waals surface area contributed by atoms with Crippen LogP contribution in [0, 0.1) is 6.92 Å². The van der Waals surface area contributed by atoms with Gasteiger partial charge in [0, 0.05) is 15.5 Å². The first kappa shape index (κ1) is 24.4. The number of benzene rings is 1. The SMILES string of the molecule is CCCC1=C(C(=O)OCC)[C@@H](c2cc(Cl)ccc2OC)n2c(s/c(=C/c3sccc3C)c2=O)=N1. The molecule has 0 N–H and O–H groups in total. The molecule has 1 aromatic carbocycles. The summed E-state index contributed by atoms with van der Waals surface area (Å²) in [5.41, 5.74) is 2.45. The number of thiazole rings is 1. The van der Waals surface area contributed by atoms with E-state index < -0.39 is 12.0 Å². The van der Waals surface area contributed by atoms with E-state index in [1.165, 1.54) is 11.3 Å². The van der Waals surface area contributed by atoms with E-state index in [4.69, 9.17) is 26.1 Å². The van der Waals surface area contributed by atoms with E-state index in [0.717, 1.165) is 16.9 Å². The van der Waals surface area contributed by atoms with Crippen molar-refractivity contribution in [2.45, 2.75) is 39.7 Å². The third-order valence-electron chi connectivity index (χ3n) is 5.54. The third kappa shape index (κ3) is 4.50. The second kappa shape index (κ2) is 10.3. The molecule has 0 amide bonds. The number of rotatable bonds is 7. The summed E-state index contributed by atoms with van der Waals surface area (Å²) in [5, 5.41) is 2.47. The van der Waals surface area contributed by atoms with Crippen LogP contribution < -0.4 is 19.6 Å². The summed E-state index contributed by atoms with van der Waals surface area (Å²) >= 11 is 9.25. The number of allylic oxidation sites excluding steroid dienone is 1. The van der Waals surface area contributed by atoms with Crippen LogP contribution >= 0.6 is 34.3 Å². The zero-order valence-electron chi connectivity index (χ0n) is 19.4. The molecule has 34 heavy (non-hydrogen) atoms. The quantitative estimate of drug-likeness (QED) is 0.430. The topological polar surface area (TPSA) is 69.9 Å². The fourth-order valence-corrected chi connectivity index (χ4v) is 6.10. The molecule has 6 nitrogen and oxygen atoms in total. The predicted octanol–water partition coefficient (Wildman–Crippen LogP) is 4.61. The number of nitrogens with zero attached hydrogens (tertiary/aromatic N) is 2. The van der Waals surface area contributed by atoms with Crippen LogP contribution in [0.3, 0.4) is 0 Å². The van der Waals surface area contributed by atoms with E-state index in [2.05, 4.69) is 0 Å². The van der Waals surface area contributed by atoms with Gasteiger partial charge in [-0.25, -0.2) is 9.79 Å². The van der Waals surface area contributed by atoms with Gasteiger partial charge in [0.15, 0.2) is 4.80 Å². The molecule has 0 bridgehead atoms. The molecule has 1 aliphatic heterocycles. The van der Waals surface area contributed by atoms with Crippen LogP contribution in [0.4, 0.5) is 0 Å². The minimum absolute atomic E-state index is 0.212. The summed E-state index contributed by atoms with van der Waals surface area (Å²) in [4.78, 5) is 33.3. The molecule has 3 aromatic rings. The second-order valence-electron chi connectivity index (χ2n) is 7.77. The minimum atomic E-state index is -0.767. The normalized spacial score (nSPS) is 15.8. The summed E-state index contributed by atoms with van der Waals surface area (Å²) in [6, 6.07) is 6.45. The van der Waals surface area contributed by atoms with Crippen molar-refractivity contribution in [3.8, 4) is 5.75 Å². The molecule has 0 fully saturated rings. The van der Waals surface area contributed by atoms with Crippen LogP contribution in [0.5, 0.6) is 5.75 Å². The molecular weight excluding hydrogens is 492 g/mol. The molecule has 1 aliphatic rings. The van der Waals surface area contributed by atoms with Crippen LogP contribution in [0.25, 0.3) is 6.08 Å². The molecule has 4 rings (SSSR count). The van der Waals surface area contributed by atoms with Crippen molar-refractivity contribution < 1.29 is 14.3 Å². The standard InChI is InChI=1S/C25H25ClN2O4S2/c1-5-7-17-21(24(30)32-6-2)22(16-12-15(26)8-9-18(16)31-4)28-23(29)20(34-25(28)27-17)13-19-14(3)10-11-33-19/h8-13,22H,5-7H2,1-4H3/b20-13+/t22-/m1/s1. The van der Waals surface area contributed by atoms with Gasteiger partial charge in [-0.05, 0) is 61.6 Å². The van der Waals surface area contributed by atoms with E-state index in [9.17, 15) is 9.59 Å². The van der Waals surface area contributed by atoms with Crippen molar-refractivity contribution in [1.82, 2.24) is 4.57 Å². The van der Waals surface area contributed by atoms with Crippen molar-refractivity contribution in [2.75, 3.05) is 13.7 Å². The third-order valence-corrected chi connectivity index (χ3v) is 7.73. The number of fused-ring (bicyclic) bond motifs is 1. The van der Waals surface area contributed by atoms with Crippen LogP contribution in [0.15, 0.2) is 50.7 Å². The van der Waals surface area contributed by atoms with Crippen LogP contribution in [-0.2, 0) is 9.53 Å². The highest BCUT2D eigenvalue weighted by atomic mass is 35.5. The van der Waals surface area contributed by atoms with Gasteiger partial charge >= 0.3 is 5.97 Å². The molecule has 178 valence electrons. The van der Waals surface area contributed by atoms with Crippen LogP contribution in [0.1, 0.15) is 48.7 Å². The fourth-order valence-electron chi connectivity index (χ4n) is 3.99. The second-order valence-corrected chi connectivity index (χ2v) is 10.2. The number of halogens is 1. The number of aryl methyl sites for hydroxylation is 1. The fraction of sp³-hybridized carbons (Fsp3) is 0.320. The number of thiophene rings is 1. The van der Waals surface area contributed by atoms with E-state index >= 15 is 0 Å². The van der Waals surface area contributed by atoms with Crippen molar-refractivity contribution in [1.29, 1.82) is 0 Å². The smallest absolute Gasteiger partial charge is 0.338 e.